The van der Waals surface area contributed by atoms with E-state index in [-0.39, 0.29) is 38.6 Å². The molecule has 2 fully saturated rings. The highest BCUT2D eigenvalue weighted by atomic mass is 35.5. The van der Waals surface area contributed by atoms with Crippen LogP contribution < -0.4 is 5.32 Å². The Labute approximate surface area is 190 Å². The molecule has 2 saturated carbocycles. The average molecular weight is 477 g/mol. The second kappa shape index (κ2) is 8.14. The molecule has 2 aliphatic carbocycles. The summed E-state index contributed by atoms with van der Waals surface area (Å²) in [5.41, 5.74) is -0.808. The first-order valence-corrected chi connectivity index (χ1v) is 12.2. The summed E-state index contributed by atoms with van der Waals surface area (Å²) in [6.45, 7) is 1.78. The van der Waals surface area contributed by atoms with Gasteiger partial charge in [0.25, 0.3) is 5.91 Å². The SMILES string of the molecule is CC1(O)C2CC[C@@H]1CC(S(=O)(=O)c1cc(C(=O)Nc3ccc(C#N)c(F)c3)ccc1Cl)C2. The minimum Gasteiger partial charge on any atom is -0.390 e. The Morgan fingerprint density at radius 3 is 2.47 bits per heavy atom. The molecule has 2 N–H and O–H groups in total. The lowest BCUT2D eigenvalue weighted by molar-refractivity contribution is -0.0413. The highest BCUT2D eigenvalue weighted by molar-refractivity contribution is 7.92. The molecule has 4 rings (SSSR count). The summed E-state index contributed by atoms with van der Waals surface area (Å²) in [4.78, 5) is 12.6. The number of sulfone groups is 1. The third-order valence-electron chi connectivity index (χ3n) is 6.90. The first-order valence-electron chi connectivity index (χ1n) is 10.3. The number of nitrogens with zero attached hydrogens (tertiary/aromatic N) is 1. The van der Waals surface area contributed by atoms with Crippen molar-refractivity contribution < 1.29 is 22.7 Å². The van der Waals surface area contributed by atoms with Gasteiger partial charge in [0.05, 0.1) is 26.3 Å². The van der Waals surface area contributed by atoms with Crippen LogP contribution in [0.3, 0.4) is 0 Å². The fourth-order valence-electron chi connectivity index (χ4n) is 4.95. The van der Waals surface area contributed by atoms with Crippen molar-refractivity contribution in [1.29, 1.82) is 5.26 Å². The van der Waals surface area contributed by atoms with Crippen LogP contribution in [0.2, 0.25) is 5.02 Å². The monoisotopic (exact) mass is 476 g/mol. The summed E-state index contributed by atoms with van der Waals surface area (Å²) in [7, 11) is -3.83. The van der Waals surface area contributed by atoms with Crippen LogP contribution in [0.1, 0.15) is 48.5 Å². The van der Waals surface area contributed by atoms with Gasteiger partial charge in [-0.25, -0.2) is 12.8 Å². The van der Waals surface area contributed by atoms with E-state index in [1.165, 1.54) is 30.3 Å². The Bertz CT molecular complexity index is 1220. The van der Waals surface area contributed by atoms with Crippen molar-refractivity contribution in [3.63, 3.8) is 0 Å². The summed E-state index contributed by atoms with van der Waals surface area (Å²) >= 11 is 6.22. The Kier molecular flexibility index (Phi) is 5.78. The first kappa shape index (κ1) is 22.7. The second-order valence-corrected chi connectivity index (χ2v) is 11.3. The van der Waals surface area contributed by atoms with Gasteiger partial charge in [0.1, 0.15) is 11.9 Å². The molecule has 0 aliphatic heterocycles. The van der Waals surface area contributed by atoms with E-state index in [1.807, 2.05) is 0 Å². The maximum Gasteiger partial charge on any atom is 0.255 e. The molecular weight excluding hydrogens is 455 g/mol. The zero-order valence-corrected chi connectivity index (χ0v) is 18.9. The van der Waals surface area contributed by atoms with Crippen LogP contribution in [0.5, 0.6) is 0 Å². The Hall–Kier alpha value is -2.47. The lowest BCUT2D eigenvalue weighted by atomic mass is 9.76. The van der Waals surface area contributed by atoms with E-state index >= 15 is 0 Å². The van der Waals surface area contributed by atoms with E-state index < -0.39 is 32.4 Å². The fraction of sp³-hybridized carbons (Fsp3) is 0.391. The molecule has 3 unspecified atom stereocenters. The number of nitrogens with one attached hydrogen (secondary N) is 1. The summed E-state index contributed by atoms with van der Waals surface area (Å²) in [5.74, 6) is -1.57. The molecule has 2 aliphatic rings. The van der Waals surface area contributed by atoms with Crippen molar-refractivity contribution in [3.8, 4) is 6.07 Å². The second-order valence-electron chi connectivity index (χ2n) is 8.74. The molecule has 0 heterocycles. The predicted molar refractivity (Wildman–Crippen MR) is 118 cm³/mol. The molecule has 9 heteroatoms. The number of carbonyl (C=O) groups is 1. The Morgan fingerprint density at radius 2 is 1.88 bits per heavy atom. The molecule has 2 aromatic rings. The number of nitriles is 1. The van der Waals surface area contributed by atoms with Crippen LogP contribution >= 0.6 is 11.6 Å². The lowest BCUT2D eigenvalue weighted by Gasteiger charge is -2.40. The van der Waals surface area contributed by atoms with E-state index in [9.17, 15) is 22.7 Å². The van der Waals surface area contributed by atoms with Gasteiger partial charge in [-0.2, -0.15) is 5.26 Å². The van der Waals surface area contributed by atoms with Crippen molar-refractivity contribution in [1.82, 2.24) is 0 Å². The Balaban J connectivity index is 1.59. The molecular formula is C23H22ClFN2O4S. The summed E-state index contributed by atoms with van der Waals surface area (Å²) in [5, 5.41) is 21.3. The number of hydrogen-bond donors (Lipinski definition) is 2. The van der Waals surface area contributed by atoms with Gasteiger partial charge in [-0.1, -0.05) is 11.6 Å². The highest BCUT2D eigenvalue weighted by Gasteiger charge is 2.53. The van der Waals surface area contributed by atoms with Crippen LogP contribution in [-0.4, -0.2) is 30.3 Å². The van der Waals surface area contributed by atoms with Crippen molar-refractivity contribution in [3.05, 3.63) is 58.4 Å². The van der Waals surface area contributed by atoms with E-state index in [2.05, 4.69) is 5.32 Å². The molecule has 0 saturated heterocycles. The van der Waals surface area contributed by atoms with E-state index in [0.717, 1.165) is 18.9 Å². The van der Waals surface area contributed by atoms with Gasteiger partial charge < -0.3 is 10.4 Å². The number of anilines is 1. The van der Waals surface area contributed by atoms with E-state index in [1.54, 1.807) is 13.0 Å². The molecule has 32 heavy (non-hydrogen) atoms. The van der Waals surface area contributed by atoms with Gasteiger partial charge in [-0.05, 0) is 80.8 Å². The van der Waals surface area contributed by atoms with E-state index in [4.69, 9.17) is 16.9 Å². The normalized spacial score (nSPS) is 27.0. The quantitative estimate of drug-likeness (QED) is 0.683. The number of aliphatic hydroxyl groups is 1. The molecule has 2 bridgehead atoms. The number of amides is 1. The number of carbonyl (C=O) groups excluding carboxylic acids is 1. The van der Waals surface area contributed by atoms with Gasteiger partial charge in [0.2, 0.25) is 0 Å². The van der Waals surface area contributed by atoms with Crippen LogP contribution in [0, 0.1) is 29.0 Å². The smallest absolute Gasteiger partial charge is 0.255 e. The number of fused-ring (bicyclic) bond motifs is 2. The highest BCUT2D eigenvalue weighted by Crippen LogP contribution is 2.51. The largest absolute Gasteiger partial charge is 0.390 e. The lowest BCUT2D eigenvalue weighted by Crippen LogP contribution is -2.45. The van der Waals surface area contributed by atoms with Crippen LogP contribution in [0.4, 0.5) is 10.1 Å². The molecule has 0 spiro atoms. The molecule has 0 aromatic heterocycles. The molecule has 168 valence electrons. The predicted octanol–water partition coefficient (Wildman–Crippen LogP) is 4.32. The standard InChI is InChI=1S/C23H22ClFN2O4S/c1-23(29)15-4-5-16(23)10-18(9-15)32(30,31)21-8-13(3-7-19(21)24)22(28)27-17-6-2-14(12-26)20(25)11-17/h2-3,6-8,11,15-16,18,29H,4-5,9-10H2,1H3,(H,27,28)/t15-,16?,18?,23?/m1/s1. The minimum absolute atomic E-state index is 0.0237. The molecule has 4 atom stereocenters. The zero-order valence-electron chi connectivity index (χ0n) is 17.3. The summed E-state index contributed by atoms with van der Waals surface area (Å²) in [6.07, 6.45) is 2.29. The minimum atomic E-state index is -3.83. The molecule has 6 nitrogen and oxygen atoms in total. The first-order chi connectivity index (χ1) is 15.0. The average Bonchev–Trinajstić information content (AvgIpc) is 2.91. The number of hydrogen-bond acceptors (Lipinski definition) is 5. The summed E-state index contributed by atoms with van der Waals surface area (Å²) in [6, 6.07) is 9.34. The number of rotatable bonds is 4. The Morgan fingerprint density at radius 1 is 1.22 bits per heavy atom. The van der Waals surface area contributed by atoms with Gasteiger partial charge in [-0.3, -0.25) is 4.79 Å². The van der Waals surface area contributed by atoms with Crippen LogP contribution in [0.15, 0.2) is 41.3 Å². The maximum atomic E-state index is 13.8. The number of halogens is 2. The van der Waals surface area contributed by atoms with Gasteiger partial charge in [0.15, 0.2) is 9.84 Å². The van der Waals surface area contributed by atoms with Gasteiger partial charge in [-0.15, -0.1) is 0 Å². The van der Waals surface area contributed by atoms with Gasteiger partial charge >= 0.3 is 0 Å². The topological polar surface area (TPSA) is 107 Å². The molecule has 1 amide bonds. The molecule has 0 radical (unpaired) electrons. The van der Waals surface area contributed by atoms with Crippen molar-refractivity contribution in [2.45, 2.75) is 48.4 Å². The van der Waals surface area contributed by atoms with Crippen molar-refractivity contribution in [2.75, 3.05) is 5.32 Å². The third kappa shape index (κ3) is 3.90. The van der Waals surface area contributed by atoms with Crippen molar-refractivity contribution >= 4 is 33.0 Å². The van der Waals surface area contributed by atoms with Gasteiger partial charge in [0, 0.05) is 11.3 Å². The van der Waals surface area contributed by atoms with Crippen LogP contribution in [0.25, 0.3) is 0 Å². The fourth-order valence-corrected chi connectivity index (χ4v) is 7.35. The third-order valence-corrected chi connectivity index (χ3v) is 9.55. The maximum absolute atomic E-state index is 13.8. The van der Waals surface area contributed by atoms with Crippen molar-refractivity contribution in [2.24, 2.45) is 11.8 Å². The zero-order chi connectivity index (χ0) is 23.3. The number of benzene rings is 2. The van der Waals surface area contributed by atoms with E-state index in [0.29, 0.717) is 12.8 Å². The summed E-state index contributed by atoms with van der Waals surface area (Å²) < 4.78 is 40.6. The molecule has 2 aromatic carbocycles. The van der Waals surface area contributed by atoms with Crippen LogP contribution in [-0.2, 0) is 9.84 Å².